The largest absolute Gasteiger partial charge is 0.261 e. The number of hydrogen-bond donors (Lipinski definition) is 0. The van der Waals surface area contributed by atoms with Crippen molar-refractivity contribution in [1.29, 1.82) is 0 Å². The Labute approximate surface area is 73.8 Å². The summed E-state index contributed by atoms with van der Waals surface area (Å²) in [5, 5.41) is 0. The maximum absolute atomic E-state index is 4.38. The predicted octanol–water partition coefficient (Wildman–Crippen LogP) is 3.08. The van der Waals surface area contributed by atoms with Gasteiger partial charge in [0.25, 0.3) is 0 Å². The molecular formula is C11H15N. The molecule has 2 rings (SSSR count). The second-order valence-corrected chi connectivity index (χ2v) is 3.94. The van der Waals surface area contributed by atoms with Crippen molar-refractivity contribution >= 4 is 0 Å². The van der Waals surface area contributed by atoms with Crippen LogP contribution in [0.3, 0.4) is 0 Å². The number of aromatic nitrogens is 1. The molecule has 1 aliphatic carbocycles. The highest BCUT2D eigenvalue weighted by Gasteiger charge is 2.24. The van der Waals surface area contributed by atoms with Gasteiger partial charge in [0.15, 0.2) is 0 Å². The van der Waals surface area contributed by atoms with Gasteiger partial charge in [-0.1, -0.05) is 13.8 Å². The van der Waals surface area contributed by atoms with E-state index < -0.39 is 0 Å². The van der Waals surface area contributed by atoms with Crippen LogP contribution in [0.5, 0.6) is 0 Å². The Kier molecular flexibility index (Phi) is 1.87. The molecule has 1 heterocycles. The van der Waals surface area contributed by atoms with Crippen molar-refractivity contribution in [3.8, 4) is 0 Å². The van der Waals surface area contributed by atoms with Gasteiger partial charge in [-0.25, -0.2) is 0 Å². The zero-order chi connectivity index (χ0) is 8.55. The molecule has 12 heavy (non-hydrogen) atoms. The molecule has 0 radical (unpaired) electrons. The molecule has 1 aromatic heterocycles. The minimum absolute atomic E-state index is 0.630. The molecule has 0 aliphatic heterocycles. The number of pyridine rings is 1. The van der Waals surface area contributed by atoms with Gasteiger partial charge < -0.3 is 0 Å². The Morgan fingerprint density at radius 3 is 2.75 bits per heavy atom. The third-order valence-corrected chi connectivity index (χ3v) is 2.47. The summed E-state index contributed by atoms with van der Waals surface area (Å²) in [6.45, 7) is 4.46. The maximum atomic E-state index is 4.38. The third kappa shape index (κ3) is 1.50. The summed E-state index contributed by atoms with van der Waals surface area (Å²) >= 11 is 0. The van der Waals surface area contributed by atoms with Crippen LogP contribution < -0.4 is 0 Å². The van der Waals surface area contributed by atoms with Gasteiger partial charge in [-0.3, -0.25) is 4.98 Å². The summed E-state index contributed by atoms with van der Waals surface area (Å²) < 4.78 is 0. The predicted molar refractivity (Wildman–Crippen MR) is 50.3 cm³/mol. The first kappa shape index (κ1) is 7.78. The number of nitrogens with zero attached hydrogens (tertiary/aromatic N) is 1. The van der Waals surface area contributed by atoms with Crippen molar-refractivity contribution in [2.75, 3.05) is 0 Å². The van der Waals surface area contributed by atoms with Gasteiger partial charge in [-0.05, 0) is 36.5 Å². The van der Waals surface area contributed by atoms with Crippen molar-refractivity contribution in [2.24, 2.45) is 0 Å². The first-order valence-electron chi connectivity index (χ1n) is 4.73. The number of rotatable bonds is 2. The zero-order valence-corrected chi connectivity index (χ0v) is 7.75. The fourth-order valence-electron chi connectivity index (χ4n) is 1.43. The zero-order valence-electron chi connectivity index (χ0n) is 7.75. The van der Waals surface area contributed by atoms with Crippen LogP contribution >= 0.6 is 0 Å². The van der Waals surface area contributed by atoms with Crippen LogP contribution in [0.4, 0.5) is 0 Å². The molecule has 0 bridgehead atoms. The molecule has 1 aromatic rings. The number of hydrogen-bond acceptors (Lipinski definition) is 1. The van der Waals surface area contributed by atoms with E-state index in [9.17, 15) is 0 Å². The van der Waals surface area contributed by atoms with E-state index in [2.05, 4.69) is 31.0 Å². The van der Waals surface area contributed by atoms with Crippen molar-refractivity contribution in [3.05, 3.63) is 29.6 Å². The molecular weight excluding hydrogens is 146 g/mol. The smallest absolute Gasteiger partial charge is 0.0437 e. The molecule has 64 valence electrons. The lowest BCUT2D eigenvalue weighted by molar-refractivity contribution is 0.852. The van der Waals surface area contributed by atoms with E-state index in [0.717, 1.165) is 5.92 Å². The molecule has 1 heteroatoms. The van der Waals surface area contributed by atoms with Crippen LogP contribution in [0.25, 0.3) is 0 Å². The van der Waals surface area contributed by atoms with Gasteiger partial charge in [0, 0.05) is 17.8 Å². The lowest BCUT2D eigenvalue weighted by Crippen LogP contribution is -1.91. The minimum Gasteiger partial charge on any atom is -0.261 e. The molecule has 0 spiro atoms. The van der Waals surface area contributed by atoms with E-state index in [0.29, 0.717) is 5.92 Å². The van der Waals surface area contributed by atoms with Crippen molar-refractivity contribution in [3.63, 3.8) is 0 Å². The highest BCUT2D eigenvalue weighted by atomic mass is 14.7. The van der Waals surface area contributed by atoms with E-state index in [1.54, 1.807) is 0 Å². The second kappa shape index (κ2) is 2.89. The van der Waals surface area contributed by atoms with Gasteiger partial charge in [0.1, 0.15) is 0 Å². The Balaban J connectivity index is 2.26. The van der Waals surface area contributed by atoms with Gasteiger partial charge in [-0.15, -0.1) is 0 Å². The summed E-state index contributed by atoms with van der Waals surface area (Å²) in [6.07, 6.45) is 4.63. The topological polar surface area (TPSA) is 12.9 Å². The average Bonchev–Trinajstić information content (AvgIpc) is 2.87. The monoisotopic (exact) mass is 161 g/mol. The summed E-state index contributed by atoms with van der Waals surface area (Å²) in [5.41, 5.74) is 2.73. The molecule has 1 nitrogen and oxygen atoms in total. The first-order valence-corrected chi connectivity index (χ1v) is 4.73. The summed E-state index contributed by atoms with van der Waals surface area (Å²) in [6, 6.07) is 4.39. The Morgan fingerprint density at radius 1 is 1.42 bits per heavy atom. The molecule has 0 saturated heterocycles. The normalized spacial score (nSPS) is 16.9. The van der Waals surface area contributed by atoms with E-state index in [-0.39, 0.29) is 0 Å². The Hall–Kier alpha value is -0.850. The highest BCUT2D eigenvalue weighted by molar-refractivity contribution is 5.24. The molecule has 1 aliphatic rings. The van der Waals surface area contributed by atoms with Crippen molar-refractivity contribution in [1.82, 2.24) is 4.98 Å². The van der Waals surface area contributed by atoms with Gasteiger partial charge in [-0.2, -0.15) is 0 Å². The molecule has 1 saturated carbocycles. The van der Waals surface area contributed by atoms with Gasteiger partial charge in [0.05, 0.1) is 0 Å². The van der Waals surface area contributed by atoms with Crippen molar-refractivity contribution in [2.45, 2.75) is 38.5 Å². The van der Waals surface area contributed by atoms with Crippen molar-refractivity contribution < 1.29 is 0 Å². The SMILES string of the molecule is CC(C)c1ccnc(C2CC2)c1. The molecule has 0 aromatic carbocycles. The standard InChI is InChI=1S/C11H15N/c1-8(2)10-5-6-12-11(7-10)9-3-4-9/h5-9H,3-4H2,1-2H3. The second-order valence-electron chi connectivity index (χ2n) is 3.94. The molecule has 1 fully saturated rings. The first-order chi connectivity index (χ1) is 5.77. The molecule has 0 N–H and O–H groups in total. The van der Waals surface area contributed by atoms with Crippen LogP contribution in [-0.4, -0.2) is 4.98 Å². The fourth-order valence-corrected chi connectivity index (χ4v) is 1.43. The molecule has 0 amide bonds. The minimum atomic E-state index is 0.630. The fraction of sp³-hybridized carbons (Fsp3) is 0.545. The van der Waals surface area contributed by atoms with Crippen LogP contribution in [0.1, 0.15) is 49.8 Å². The Bertz CT molecular complexity index is 257. The summed E-state index contributed by atoms with van der Waals surface area (Å²) in [5.74, 6) is 1.41. The lowest BCUT2D eigenvalue weighted by Gasteiger charge is -2.05. The van der Waals surface area contributed by atoms with Gasteiger partial charge in [0.2, 0.25) is 0 Å². The summed E-state index contributed by atoms with van der Waals surface area (Å²) in [7, 11) is 0. The summed E-state index contributed by atoms with van der Waals surface area (Å²) in [4.78, 5) is 4.38. The molecule has 0 atom stereocenters. The van der Waals surface area contributed by atoms with Crippen LogP contribution in [0, 0.1) is 0 Å². The van der Waals surface area contributed by atoms with Gasteiger partial charge >= 0.3 is 0 Å². The maximum Gasteiger partial charge on any atom is 0.0437 e. The third-order valence-electron chi connectivity index (χ3n) is 2.47. The lowest BCUT2D eigenvalue weighted by atomic mass is 10.0. The van der Waals surface area contributed by atoms with E-state index >= 15 is 0 Å². The van der Waals surface area contributed by atoms with E-state index in [4.69, 9.17) is 0 Å². The van der Waals surface area contributed by atoms with Crippen LogP contribution in [-0.2, 0) is 0 Å². The van der Waals surface area contributed by atoms with Crippen LogP contribution in [0.2, 0.25) is 0 Å². The quantitative estimate of drug-likeness (QED) is 0.649. The highest BCUT2D eigenvalue weighted by Crippen LogP contribution is 2.39. The van der Waals surface area contributed by atoms with E-state index in [1.165, 1.54) is 24.1 Å². The van der Waals surface area contributed by atoms with E-state index in [1.807, 2.05) is 6.20 Å². The average molecular weight is 161 g/mol. The molecule has 0 unspecified atom stereocenters. The Morgan fingerprint density at radius 2 is 2.17 bits per heavy atom. The van der Waals surface area contributed by atoms with Crippen LogP contribution in [0.15, 0.2) is 18.3 Å².